The Labute approximate surface area is 111 Å². The summed E-state index contributed by atoms with van der Waals surface area (Å²) in [5.74, 6) is 0.133. The maximum Gasteiger partial charge on any atom is 0.222 e. The van der Waals surface area contributed by atoms with Crippen LogP contribution in [-0.2, 0) is 9.53 Å². The quantitative estimate of drug-likeness (QED) is 0.784. The highest BCUT2D eigenvalue weighted by Crippen LogP contribution is 2.24. The van der Waals surface area contributed by atoms with Crippen molar-refractivity contribution in [1.29, 1.82) is 5.26 Å². The lowest BCUT2D eigenvalue weighted by Gasteiger charge is -2.32. The fourth-order valence-electron chi connectivity index (χ4n) is 2.01. The number of thiophene rings is 1. The average Bonchev–Trinajstić information content (AvgIpc) is 2.93. The first-order valence-electron chi connectivity index (χ1n) is 6.09. The summed E-state index contributed by atoms with van der Waals surface area (Å²) in [6.45, 7) is 1.87. The van der Waals surface area contributed by atoms with Crippen LogP contribution in [0.25, 0.3) is 0 Å². The Morgan fingerprint density at radius 3 is 3.28 bits per heavy atom. The topological polar surface area (TPSA) is 53.3 Å². The number of morpholine rings is 1. The second kappa shape index (κ2) is 6.53. The van der Waals surface area contributed by atoms with E-state index < -0.39 is 0 Å². The minimum Gasteiger partial charge on any atom is -0.370 e. The molecule has 0 bridgehead atoms. The van der Waals surface area contributed by atoms with Crippen LogP contribution in [0.2, 0.25) is 0 Å². The monoisotopic (exact) mass is 264 g/mol. The summed E-state index contributed by atoms with van der Waals surface area (Å²) in [7, 11) is 0. The van der Waals surface area contributed by atoms with Gasteiger partial charge in [-0.25, -0.2) is 0 Å². The van der Waals surface area contributed by atoms with Gasteiger partial charge in [-0.05, 0) is 28.8 Å². The number of unbranched alkanes of at least 4 members (excludes halogenated alkanes) is 1. The Bertz CT molecular complexity index is 425. The summed E-state index contributed by atoms with van der Waals surface area (Å²) in [4.78, 5) is 13.8. The van der Waals surface area contributed by atoms with Gasteiger partial charge in [0.1, 0.15) is 6.10 Å². The lowest BCUT2D eigenvalue weighted by atomic mass is 10.1. The van der Waals surface area contributed by atoms with E-state index in [-0.39, 0.29) is 12.0 Å². The van der Waals surface area contributed by atoms with Crippen molar-refractivity contribution in [3.8, 4) is 6.07 Å². The first kappa shape index (κ1) is 13.1. The molecule has 2 rings (SSSR count). The predicted octanol–water partition coefficient (Wildman–Crippen LogP) is 2.34. The largest absolute Gasteiger partial charge is 0.370 e. The number of nitrogens with zero attached hydrogens (tertiary/aromatic N) is 2. The SMILES string of the molecule is N#CCCCC(=O)N1CCOC(c2ccsc2)C1. The highest BCUT2D eigenvalue weighted by molar-refractivity contribution is 7.07. The van der Waals surface area contributed by atoms with E-state index in [9.17, 15) is 4.79 Å². The second-order valence-corrected chi connectivity index (χ2v) is 5.05. The molecule has 4 nitrogen and oxygen atoms in total. The summed E-state index contributed by atoms with van der Waals surface area (Å²) in [6.07, 6.45) is 1.56. The molecule has 1 amide bonds. The van der Waals surface area contributed by atoms with Crippen LogP contribution in [-0.4, -0.2) is 30.5 Å². The molecular weight excluding hydrogens is 248 g/mol. The number of hydrogen-bond acceptors (Lipinski definition) is 4. The molecule has 0 saturated carbocycles. The zero-order valence-electron chi connectivity index (χ0n) is 10.2. The van der Waals surface area contributed by atoms with Crippen LogP contribution in [0, 0.1) is 11.3 Å². The maximum atomic E-state index is 12.0. The molecule has 96 valence electrons. The normalized spacial score (nSPS) is 19.5. The van der Waals surface area contributed by atoms with Crippen LogP contribution in [0.5, 0.6) is 0 Å². The van der Waals surface area contributed by atoms with E-state index in [1.165, 1.54) is 0 Å². The van der Waals surface area contributed by atoms with Crippen LogP contribution in [0.15, 0.2) is 16.8 Å². The lowest BCUT2D eigenvalue weighted by molar-refractivity contribution is -0.139. The fourth-order valence-corrected chi connectivity index (χ4v) is 2.71. The molecule has 0 aliphatic carbocycles. The van der Waals surface area contributed by atoms with Gasteiger partial charge in [0.2, 0.25) is 5.91 Å². The first-order chi connectivity index (χ1) is 8.81. The molecule has 2 heterocycles. The van der Waals surface area contributed by atoms with Crippen LogP contribution < -0.4 is 0 Å². The van der Waals surface area contributed by atoms with Gasteiger partial charge in [0.15, 0.2) is 0 Å². The number of amides is 1. The van der Waals surface area contributed by atoms with Gasteiger partial charge in [0, 0.05) is 19.4 Å². The molecule has 5 heteroatoms. The van der Waals surface area contributed by atoms with E-state index in [0.29, 0.717) is 39.0 Å². The number of hydrogen-bond donors (Lipinski definition) is 0. The Morgan fingerprint density at radius 1 is 1.67 bits per heavy atom. The molecule has 1 aliphatic rings. The number of carbonyl (C=O) groups excluding carboxylic acids is 1. The van der Waals surface area contributed by atoms with E-state index in [1.807, 2.05) is 16.3 Å². The summed E-state index contributed by atoms with van der Waals surface area (Å²) in [6, 6.07) is 4.10. The van der Waals surface area contributed by atoms with E-state index in [0.717, 1.165) is 5.56 Å². The van der Waals surface area contributed by atoms with Gasteiger partial charge in [0.25, 0.3) is 0 Å². The van der Waals surface area contributed by atoms with Crippen LogP contribution in [0.1, 0.15) is 30.9 Å². The van der Waals surface area contributed by atoms with E-state index in [1.54, 1.807) is 11.3 Å². The lowest BCUT2D eigenvalue weighted by Crippen LogP contribution is -2.42. The van der Waals surface area contributed by atoms with Gasteiger partial charge in [-0.15, -0.1) is 0 Å². The third-order valence-electron chi connectivity index (χ3n) is 3.01. The smallest absolute Gasteiger partial charge is 0.222 e. The van der Waals surface area contributed by atoms with Crippen molar-refractivity contribution >= 4 is 17.2 Å². The highest BCUT2D eigenvalue weighted by atomic mass is 32.1. The summed E-state index contributed by atoms with van der Waals surface area (Å²) in [5.41, 5.74) is 1.15. The standard InChI is InChI=1S/C13H16N2O2S/c14-5-2-1-3-13(16)15-6-7-17-12(9-15)11-4-8-18-10-11/h4,8,10,12H,1-3,6-7,9H2. The van der Waals surface area contributed by atoms with E-state index >= 15 is 0 Å². The molecule has 1 aromatic heterocycles. The molecule has 1 fully saturated rings. The average molecular weight is 264 g/mol. The molecule has 0 spiro atoms. The third kappa shape index (κ3) is 3.31. The highest BCUT2D eigenvalue weighted by Gasteiger charge is 2.25. The maximum absolute atomic E-state index is 12.0. The number of rotatable bonds is 4. The van der Waals surface area contributed by atoms with Crippen molar-refractivity contribution in [3.05, 3.63) is 22.4 Å². The van der Waals surface area contributed by atoms with Gasteiger partial charge in [0.05, 0.1) is 19.2 Å². The van der Waals surface area contributed by atoms with Gasteiger partial charge < -0.3 is 9.64 Å². The fraction of sp³-hybridized carbons (Fsp3) is 0.538. The zero-order valence-corrected chi connectivity index (χ0v) is 11.0. The van der Waals surface area contributed by atoms with Crippen molar-refractivity contribution in [2.45, 2.75) is 25.4 Å². The van der Waals surface area contributed by atoms with Crippen LogP contribution in [0.3, 0.4) is 0 Å². The molecular formula is C13H16N2O2S. The van der Waals surface area contributed by atoms with Crippen molar-refractivity contribution in [2.24, 2.45) is 0 Å². The van der Waals surface area contributed by atoms with Crippen molar-refractivity contribution in [3.63, 3.8) is 0 Å². The van der Waals surface area contributed by atoms with Crippen LogP contribution >= 0.6 is 11.3 Å². The summed E-state index contributed by atoms with van der Waals surface area (Å²) in [5, 5.41) is 12.5. The number of carbonyl (C=O) groups is 1. The Morgan fingerprint density at radius 2 is 2.56 bits per heavy atom. The molecule has 0 N–H and O–H groups in total. The van der Waals surface area contributed by atoms with Crippen molar-refractivity contribution in [1.82, 2.24) is 4.90 Å². The predicted molar refractivity (Wildman–Crippen MR) is 69.1 cm³/mol. The minimum atomic E-state index is 0.00455. The Kier molecular flexibility index (Phi) is 4.73. The molecule has 1 aromatic rings. The third-order valence-corrected chi connectivity index (χ3v) is 3.71. The van der Waals surface area contributed by atoms with Crippen molar-refractivity contribution < 1.29 is 9.53 Å². The summed E-state index contributed by atoms with van der Waals surface area (Å²) < 4.78 is 5.69. The molecule has 1 aliphatic heterocycles. The Hall–Kier alpha value is -1.38. The van der Waals surface area contributed by atoms with Gasteiger partial charge in [-0.1, -0.05) is 0 Å². The number of ether oxygens (including phenoxy) is 1. The molecule has 1 saturated heterocycles. The second-order valence-electron chi connectivity index (χ2n) is 4.27. The summed E-state index contributed by atoms with van der Waals surface area (Å²) >= 11 is 1.64. The molecule has 0 aromatic carbocycles. The Balaban J connectivity index is 1.87. The zero-order chi connectivity index (χ0) is 12.8. The molecule has 18 heavy (non-hydrogen) atoms. The molecule has 0 radical (unpaired) electrons. The van der Waals surface area contributed by atoms with Gasteiger partial charge >= 0.3 is 0 Å². The minimum absolute atomic E-state index is 0.00455. The first-order valence-corrected chi connectivity index (χ1v) is 7.04. The van der Waals surface area contributed by atoms with Crippen LogP contribution in [0.4, 0.5) is 0 Å². The van der Waals surface area contributed by atoms with Gasteiger partial charge in [-0.3, -0.25) is 4.79 Å². The van der Waals surface area contributed by atoms with E-state index in [4.69, 9.17) is 10.00 Å². The van der Waals surface area contributed by atoms with Gasteiger partial charge in [-0.2, -0.15) is 16.6 Å². The molecule has 1 unspecified atom stereocenters. The molecule has 1 atom stereocenters. The van der Waals surface area contributed by atoms with E-state index in [2.05, 4.69) is 11.4 Å². The van der Waals surface area contributed by atoms with Crippen molar-refractivity contribution in [2.75, 3.05) is 19.7 Å². The number of nitriles is 1.